The van der Waals surface area contributed by atoms with Crippen LogP contribution in [-0.2, 0) is 4.79 Å². The Kier molecular flexibility index (Phi) is 9.99. The number of fused-ring (bicyclic) bond motifs is 1. The summed E-state index contributed by atoms with van der Waals surface area (Å²) in [7, 11) is 0. The number of amides is 1. The number of piperazine rings is 1. The second kappa shape index (κ2) is 13.5. The maximum absolute atomic E-state index is 15.3. The third-order valence-electron chi connectivity index (χ3n) is 7.73. The average Bonchev–Trinajstić information content (AvgIpc) is 3.83. The molecule has 2 aliphatic heterocycles. The summed E-state index contributed by atoms with van der Waals surface area (Å²) in [5, 5.41) is 17.8. The maximum atomic E-state index is 15.3. The first-order valence-electron chi connectivity index (χ1n) is 13.8. The Labute approximate surface area is 279 Å². The molecule has 2 N–H and O–H groups in total. The van der Waals surface area contributed by atoms with Gasteiger partial charge in [-0.25, -0.2) is 4.39 Å². The zero-order valence-corrected chi connectivity index (χ0v) is 27.2. The Bertz CT molecular complexity index is 1600. The Morgan fingerprint density at radius 3 is 2.49 bits per heavy atom. The van der Waals surface area contributed by atoms with Crippen molar-refractivity contribution >= 4 is 56.8 Å². The number of halogens is 1. The third-order valence-corrected chi connectivity index (χ3v) is 9.49. The number of aromatic nitrogens is 1. The van der Waals surface area contributed by atoms with Gasteiger partial charge in [0.05, 0.1) is 34.2 Å². The first-order chi connectivity index (χ1) is 20.3. The van der Waals surface area contributed by atoms with Crippen molar-refractivity contribution in [1.29, 1.82) is 0 Å². The molecule has 6 rings (SSSR count). The molecule has 1 saturated carbocycles. The van der Waals surface area contributed by atoms with E-state index in [-0.39, 0.29) is 64.9 Å². The van der Waals surface area contributed by atoms with Gasteiger partial charge in [-0.15, -0.1) is 0 Å². The van der Waals surface area contributed by atoms with Crippen molar-refractivity contribution in [1.82, 2.24) is 20.1 Å². The molecule has 220 valence electrons. The van der Waals surface area contributed by atoms with Crippen LogP contribution in [0.4, 0.5) is 10.1 Å². The van der Waals surface area contributed by atoms with Gasteiger partial charge in [0.15, 0.2) is 12.0 Å². The predicted octanol–water partition coefficient (Wildman–Crippen LogP) is -1.52. The number of benzene rings is 2. The normalized spacial score (nSPS) is 19.7. The molecular formula is C29H29FN5NaO5S2. The Balaban J connectivity index is 0.00000368. The van der Waals surface area contributed by atoms with E-state index in [0.29, 0.717) is 54.0 Å². The number of rotatable bonds is 8. The fraction of sp³-hybridized carbons (Fsp3) is 0.379. The number of nitrogens with zero attached hydrogens (tertiary/aromatic N) is 3. The van der Waals surface area contributed by atoms with Gasteiger partial charge in [0.2, 0.25) is 0 Å². The zero-order chi connectivity index (χ0) is 29.4. The van der Waals surface area contributed by atoms with E-state index >= 15 is 4.39 Å². The summed E-state index contributed by atoms with van der Waals surface area (Å²) in [5.41, 5.74) is -0.292. The van der Waals surface area contributed by atoms with Crippen LogP contribution in [0.3, 0.4) is 0 Å². The summed E-state index contributed by atoms with van der Waals surface area (Å²) in [4.78, 5) is 40.6. The number of para-hydroxylation sites is 1. The third kappa shape index (κ3) is 7.02. The Hall–Kier alpha value is -2.68. The average molecular weight is 634 g/mol. The number of anilines is 1. The van der Waals surface area contributed by atoms with Gasteiger partial charge in [-0.05, 0) is 37.1 Å². The second-order valence-corrected chi connectivity index (χ2v) is 12.4. The summed E-state index contributed by atoms with van der Waals surface area (Å²) in [5.74, 6) is -1.70. The first kappa shape index (κ1) is 31.7. The fourth-order valence-corrected chi connectivity index (χ4v) is 6.76. The van der Waals surface area contributed by atoms with Gasteiger partial charge in [-0.1, -0.05) is 42.2 Å². The number of hydrogen-bond acceptors (Lipinski definition) is 9. The molecule has 0 radical (unpaired) electrons. The van der Waals surface area contributed by atoms with Gasteiger partial charge in [0.25, 0.3) is 5.91 Å². The molecule has 3 heterocycles. The van der Waals surface area contributed by atoms with E-state index in [1.54, 1.807) is 22.8 Å². The number of thioether (sulfide) groups is 1. The summed E-state index contributed by atoms with van der Waals surface area (Å²) >= 11 is 7.19. The largest absolute Gasteiger partial charge is 1.00 e. The van der Waals surface area contributed by atoms with Crippen LogP contribution in [0.2, 0.25) is 0 Å². The number of aromatic carboxylic acids is 1. The van der Waals surface area contributed by atoms with Crippen LogP contribution in [0.15, 0.2) is 53.5 Å². The smallest absolute Gasteiger partial charge is 0.545 e. The van der Waals surface area contributed by atoms with Gasteiger partial charge in [0.1, 0.15) is 15.9 Å². The number of carbonyl (C=O) groups excluding carboxylic acids is 2. The molecule has 1 aliphatic carbocycles. The maximum Gasteiger partial charge on any atom is 1.00 e. The molecule has 0 spiro atoms. The number of carboxylic acids is 1. The molecule has 0 unspecified atom stereocenters. The van der Waals surface area contributed by atoms with E-state index in [1.165, 1.54) is 18.0 Å². The Morgan fingerprint density at radius 2 is 1.86 bits per heavy atom. The van der Waals surface area contributed by atoms with Crippen molar-refractivity contribution in [3.63, 3.8) is 0 Å². The second-order valence-electron chi connectivity index (χ2n) is 10.6. The van der Waals surface area contributed by atoms with E-state index < -0.39 is 22.8 Å². The number of pyridine rings is 1. The van der Waals surface area contributed by atoms with E-state index in [9.17, 15) is 19.5 Å². The zero-order valence-electron chi connectivity index (χ0n) is 23.6. The number of thiocarbonyl (C=S) groups is 1. The van der Waals surface area contributed by atoms with Gasteiger partial charge >= 0.3 is 29.6 Å². The van der Waals surface area contributed by atoms with Crippen LogP contribution in [-0.4, -0.2) is 76.4 Å². The van der Waals surface area contributed by atoms with Crippen LogP contribution in [0.1, 0.15) is 29.2 Å². The van der Waals surface area contributed by atoms with E-state index in [1.807, 2.05) is 23.1 Å². The fourth-order valence-electron chi connectivity index (χ4n) is 5.21. The first-order valence-corrected chi connectivity index (χ1v) is 15.1. The summed E-state index contributed by atoms with van der Waals surface area (Å²) < 4.78 is 23.3. The SMILES string of the molecule is O=C(COc1ccccc1)N[C@H]1CN[C@H]1SC(=S)N1CCN(c2cc3c(cc2F)c(=O)c(C(=O)[O-])cn3C2CC2)CC1.[Na+]. The monoisotopic (exact) mass is 633 g/mol. The van der Waals surface area contributed by atoms with Crippen molar-refractivity contribution in [2.45, 2.75) is 30.3 Å². The van der Waals surface area contributed by atoms with Crippen LogP contribution in [0, 0.1) is 5.82 Å². The molecule has 0 bridgehead atoms. The van der Waals surface area contributed by atoms with Crippen molar-refractivity contribution in [2.75, 3.05) is 44.2 Å². The van der Waals surface area contributed by atoms with Gasteiger partial charge < -0.3 is 39.6 Å². The minimum atomic E-state index is -1.56. The molecule has 1 aromatic heterocycles. The molecule has 43 heavy (non-hydrogen) atoms. The van der Waals surface area contributed by atoms with Crippen molar-refractivity contribution in [3.8, 4) is 5.75 Å². The molecule has 1 amide bonds. The molecule has 14 heteroatoms. The minimum absolute atomic E-state index is 0. The topological polar surface area (TPSA) is 119 Å². The molecular weight excluding hydrogens is 604 g/mol. The molecule has 10 nitrogen and oxygen atoms in total. The van der Waals surface area contributed by atoms with Gasteiger partial charge in [-0.3, -0.25) is 9.59 Å². The van der Waals surface area contributed by atoms with E-state index in [2.05, 4.69) is 15.5 Å². The van der Waals surface area contributed by atoms with Crippen LogP contribution in [0.25, 0.3) is 10.9 Å². The Morgan fingerprint density at radius 1 is 1.14 bits per heavy atom. The molecule has 3 aromatic rings. The standard InChI is InChI=1S/C29H30FN5O5S2.Na/c30-21-12-19-23(35(17-6-7-17)15-20(26(19)37)28(38)39)13-24(21)33-8-10-34(11-9-33)29(41)42-27-22(14-31-27)32-25(36)16-40-18-4-2-1-3-5-18;/h1-5,12-13,15,17,22,27,31H,6-11,14,16H2,(H,32,36)(H,38,39);/q;+1/p-1/t22-,27-;/m0./s1. The number of carboxylic acid groups (broad SMARTS) is 1. The number of hydrogen-bond donors (Lipinski definition) is 2. The minimum Gasteiger partial charge on any atom is -0.545 e. The van der Waals surface area contributed by atoms with Crippen LogP contribution in [0.5, 0.6) is 5.75 Å². The van der Waals surface area contributed by atoms with E-state index in [4.69, 9.17) is 17.0 Å². The van der Waals surface area contributed by atoms with Crippen LogP contribution >= 0.6 is 24.0 Å². The predicted molar refractivity (Wildman–Crippen MR) is 160 cm³/mol. The van der Waals surface area contributed by atoms with Crippen LogP contribution < -0.4 is 60.4 Å². The molecule has 2 saturated heterocycles. The molecule has 3 fully saturated rings. The van der Waals surface area contributed by atoms with Gasteiger partial charge in [-0.2, -0.15) is 0 Å². The summed E-state index contributed by atoms with van der Waals surface area (Å²) in [6, 6.07) is 12.0. The summed E-state index contributed by atoms with van der Waals surface area (Å²) in [6.45, 7) is 2.77. The molecule has 2 aromatic carbocycles. The number of carbonyl (C=O) groups is 2. The van der Waals surface area contributed by atoms with E-state index in [0.717, 1.165) is 18.9 Å². The molecule has 3 aliphatic rings. The molecule has 2 atom stereocenters. The van der Waals surface area contributed by atoms with Gasteiger partial charge in [0, 0.05) is 50.3 Å². The quantitative estimate of drug-likeness (QED) is 0.224. The number of nitrogens with one attached hydrogen (secondary N) is 2. The number of ether oxygens (including phenoxy) is 1. The van der Waals surface area contributed by atoms with Crippen molar-refractivity contribution in [3.05, 3.63) is 70.3 Å². The van der Waals surface area contributed by atoms with Crippen molar-refractivity contribution < 1.29 is 53.4 Å². The van der Waals surface area contributed by atoms with Crippen molar-refractivity contribution in [2.24, 2.45) is 0 Å². The summed E-state index contributed by atoms with van der Waals surface area (Å²) in [6.07, 6.45) is 3.06.